The molecule has 0 aromatic carbocycles. The van der Waals surface area contributed by atoms with Crippen LogP contribution in [0.1, 0.15) is 23.5 Å². The molecule has 1 aromatic heterocycles. The van der Waals surface area contributed by atoms with Crippen molar-refractivity contribution in [3.05, 3.63) is 21.9 Å². The van der Waals surface area contributed by atoms with Crippen molar-refractivity contribution in [3.63, 3.8) is 0 Å². The van der Waals surface area contributed by atoms with Gasteiger partial charge in [-0.15, -0.1) is 11.3 Å². The molecule has 0 spiro atoms. The van der Waals surface area contributed by atoms with Crippen molar-refractivity contribution in [2.75, 3.05) is 0 Å². The standard InChI is InChI=1S/C8H10F2OS/c1-5-6(3-4-12-5)7(11)8(2,9)10/h3-4,7,11H,1-2H3. The number of rotatable bonds is 2. The number of aliphatic hydroxyl groups excluding tert-OH is 1. The molecule has 12 heavy (non-hydrogen) atoms. The quantitative estimate of drug-likeness (QED) is 0.763. The fraction of sp³-hybridized carbons (Fsp3) is 0.500. The molecule has 1 unspecified atom stereocenters. The molecule has 0 fully saturated rings. The summed E-state index contributed by atoms with van der Waals surface area (Å²) in [5, 5.41) is 10.9. The van der Waals surface area contributed by atoms with Gasteiger partial charge in [0.1, 0.15) is 6.10 Å². The maximum atomic E-state index is 12.6. The maximum absolute atomic E-state index is 12.6. The van der Waals surface area contributed by atoms with E-state index < -0.39 is 12.0 Å². The highest BCUT2D eigenvalue weighted by molar-refractivity contribution is 7.10. The van der Waals surface area contributed by atoms with Gasteiger partial charge in [-0.2, -0.15) is 0 Å². The number of alkyl halides is 2. The first-order chi connectivity index (χ1) is 5.43. The van der Waals surface area contributed by atoms with Crippen LogP contribution in [-0.2, 0) is 0 Å². The van der Waals surface area contributed by atoms with E-state index in [4.69, 9.17) is 0 Å². The second-order valence-electron chi connectivity index (χ2n) is 2.79. The Morgan fingerprint density at radius 2 is 2.17 bits per heavy atom. The summed E-state index contributed by atoms with van der Waals surface area (Å²) in [5.41, 5.74) is 0.326. The molecular formula is C8H10F2OS. The minimum absolute atomic E-state index is 0.326. The maximum Gasteiger partial charge on any atom is 0.274 e. The number of aliphatic hydroxyl groups is 1. The Labute approximate surface area is 73.7 Å². The van der Waals surface area contributed by atoms with E-state index in [1.54, 1.807) is 12.3 Å². The van der Waals surface area contributed by atoms with E-state index in [1.165, 1.54) is 17.4 Å². The fourth-order valence-electron chi connectivity index (χ4n) is 0.952. The first-order valence-electron chi connectivity index (χ1n) is 3.53. The Morgan fingerprint density at radius 1 is 1.58 bits per heavy atom. The third kappa shape index (κ3) is 1.81. The Kier molecular flexibility index (Phi) is 2.49. The fourth-order valence-corrected chi connectivity index (χ4v) is 1.69. The number of halogens is 2. The molecule has 1 aromatic rings. The predicted molar refractivity (Wildman–Crippen MR) is 44.6 cm³/mol. The van der Waals surface area contributed by atoms with Crippen LogP contribution in [-0.4, -0.2) is 11.0 Å². The summed E-state index contributed by atoms with van der Waals surface area (Å²) >= 11 is 1.36. The largest absolute Gasteiger partial charge is 0.382 e. The topological polar surface area (TPSA) is 20.2 Å². The second kappa shape index (κ2) is 3.11. The first-order valence-corrected chi connectivity index (χ1v) is 4.41. The van der Waals surface area contributed by atoms with Crippen molar-refractivity contribution in [1.82, 2.24) is 0 Å². The lowest BCUT2D eigenvalue weighted by Gasteiger charge is -2.17. The van der Waals surface area contributed by atoms with E-state index in [9.17, 15) is 13.9 Å². The highest BCUT2D eigenvalue weighted by Crippen LogP contribution is 2.33. The Hall–Kier alpha value is -0.480. The summed E-state index contributed by atoms with van der Waals surface area (Å²) in [5.74, 6) is -3.06. The summed E-state index contributed by atoms with van der Waals surface area (Å²) < 4.78 is 25.2. The summed E-state index contributed by atoms with van der Waals surface area (Å²) in [7, 11) is 0. The lowest BCUT2D eigenvalue weighted by Crippen LogP contribution is -2.21. The average molecular weight is 192 g/mol. The zero-order valence-electron chi connectivity index (χ0n) is 6.84. The molecule has 4 heteroatoms. The van der Waals surface area contributed by atoms with Gasteiger partial charge in [-0.1, -0.05) is 0 Å². The highest BCUT2D eigenvalue weighted by atomic mass is 32.1. The van der Waals surface area contributed by atoms with Crippen LogP contribution in [0.25, 0.3) is 0 Å². The van der Waals surface area contributed by atoms with Crippen molar-refractivity contribution in [3.8, 4) is 0 Å². The molecule has 1 atom stereocenters. The summed E-state index contributed by atoms with van der Waals surface area (Å²) in [6, 6.07) is 1.53. The molecule has 0 aliphatic carbocycles. The highest BCUT2D eigenvalue weighted by Gasteiger charge is 2.34. The van der Waals surface area contributed by atoms with E-state index in [0.717, 1.165) is 11.8 Å². The summed E-state index contributed by atoms with van der Waals surface area (Å²) in [6.45, 7) is 2.43. The minimum atomic E-state index is -3.06. The van der Waals surface area contributed by atoms with Crippen LogP contribution in [0, 0.1) is 6.92 Å². The Balaban J connectivity index is 2.92. The van der Waals surface area contributed by atoms with Gasteiger partial charge in [0, 0.05) is 17.4 Å². The molecule has 0 bridgehead atoms. The van der Waals surface area contributed by atoms with Gasteiger partial charge in [0.05, 0.1) is 0 Å². The molecule has 0 amide bonds. The van der Waals surface area contributed by atoms with Crippen LogP contribution in [0.2, 0.25) is 0 Å². The van der Waals surface area contributed by atoms with Crippen LogP contribution in [0.15, 0.2) is 11.4 Å². The van der Waals surface area contributed by atoms with E-state index in [2.05, 4.69) is 0 Å². The second-order valence-corrected chi connectivity index (χ2v) is 3.91. The van der Waals surface area contributed by atoms with Crippen molar-refractivity contribution in [2.24, 2.45) is 0 Å². The lowest BCUT2D eigenvalue weighted by molar-refractivity contribution is -0.0954. The van der Waals surface area contributed by atoms with Gasteiger partial charge in [0.25, 0.3) is 5.92 Å². The molecule has 1 rings (SSSR count). The number of thiophene rings is 1. The van der Waals surface area contributed by atoms with Crippen molar-refractivity contribution >= 4 is 11.3 Å². The van der Waals surface area contributed by atoms with Crippen LogP contribution in [0.4, 0.5) is 8.78 Å². The minimum Gasteiger partial charge on any atom is -0.382 e. The van der Waals surface area contributed by atoms with Crippen LogP contribution < -0.4 is 0 Å². The summed E-state index contributed by atoms with van der Waals surface area (Å²) in [4.78, 5) is 0.740. The molecule has 0 radical (unpaired) electrons. The first kappa shape index (κ1) is 9.61. The van der Waals surface area contributed by atoms with E-state index in [1.807, 2.05) is 0 Å². The average Bonchev–Trinajstić information content (AvgIpc) is 2.31. The molecular weight excluding hydrogens is 182 g/mol. The predicted octanol–water partition coefficient (Wildman–Crippen LogP) is 2.75. The molecule has 0 aliphatic heterocycles. The molecule has 68 valence electrons. The lowest BCUT2D eigenvalue weighted by atomic mass is 10.1. The molecule has 1 heterocycles. The third-order valence-electron chi connectivity index (χ3n) is 1.67. The van der Waals surface area contributed by atoms with E-state index in [0.29, 0.717) is 5.56 Å². The molecule has 1 nitrogen and oxygen atoms in total. The van der Waals surface area contributed by atoms with Crippen molar-refractivity contribution in [1.29, 1.82) is 0 Å². The van der Waals surface area contributed by atoms with E-state index >= 15 is 0 Å². The number of hydrogen-bond donors (Lipinski definition) is 1. The summed E-state index contributed by atoms with van der Waals surface area (Å²) in [6.07, 6.45) is -1.68. The van der Waals surface area contributed by atoms with Crippen LogP contribution >= 0.6 is 11.3 Å². The van der Waals surface area contributed by atoms with Crippen molar-refractivity contribution < 1.29 is 13.9 Å². The van der Waals surface area contributed by atoms with Gasteiger partial charge in [0.2, 0.25) is 0 Å². The van der Waals surface area contributed by atoms with Crippen LogP contribution in [0.3, 0.4) is 0 Å². The van der Waals surface area contributed by atoms with Gasteiger partial charge in [-0.3, -0.25) is 0 Å². The number of aryl methyl sites for hydroxylation is 1. The van der Waals surface area contributed by atoms with Gasteiger partial charge >= 0.3 is 0 Å². The third-order valence-corrected chi connectivity index (χ3v) is 2.54. The van der Waals surface area contributed by atoms with E-state index in [-0.39, 0.29) is 0 Å². The molecule has 0 saturated carbocycles. The smallest absolute Gasteiger partial charge is 0.274 e. The zero-order valence-corrected chi connectivity index (χ0v) is 7.66. The number of hydrogen-bond acceptors (Lipinski definition) is 2. The van der Waals surface area contributed by atoms with Crippen molar-refractivity contribution in [2.45, 2.75) is 25.9 Å². The molecule has 0 aliphatic rings. The SMILES string of the molecule is Cc1sccc1C(O)C(C)(F)F. The zero-order chi connectivity index (χ0) is 9.35. The van der Waals surface area contributed by atoms with Gasteiger partial charge in [-0.25, -0.2) is 8.78 Å². The van der Waals surface area contributed by atoms with Gasteiger partial charge in [0.15, 0.2) is 0 Å². The van der Waals surface area contributed by atoms with Gasteiger partial charge < -0.3 is 5.11 Å². The Morgan fingerprint density at radius 3 is 2.50 bits per heavy atom. The van der Waals surface area contributed by atoms with Gasteiger partial charge in [-0.05, 0) is 18.4 Å². The molecule has 1 N–H and O–H groups in total. The molecule has 0 saturated heterocycles. The van der Waals surface area contributed by atoms with Crippen LogP contribution in [0.5, 0.6) is 0 Å². The Bertz CT molecular complexity index is 264. The monoisotopic (exact) mass is 192 g/mol. The normalized spacial score (nSPS) is 14.8.